The van der Waals surface area contributed by atoms with Crippen molar-refractivity contribution in [1.29, 1.82) is 0 Å². The fraction of sp³-hybridized carbons (Fsp3) is 0.250. The Bertz CT molecular complexity index is 1540. The summed E-state index contributed by atoms with van der Waals surface area (Å²) in [7, 11) is 5.63. The maximum absolute atomic E-state index is 5.68. The first-order chi connectivity index (χ1) is 16.8. The van der Waals surface area contributed by atoms with Gasteiger partial charge in [0.25, 0.3) is 0 Å². The van der Waals surface area contributed by atoms with Gasteiger partial charge in [-0.05, 0) is 50.1 Å². The van der Waals surface area contributed by atoms with Crippen LogP contribution in [-0.2, 0) is 0 Å². The maximum atomic E-state index is 5.68. The Balaban J connectivity index is 1.60. The molecule has 0 bridgehead atoms. The SMILES string of the molecule is COc1cc(-c2ccc3nc(C)nc(N[C@H](C)c4cccc(C)c4)c3c2)cn2cc(N(C)C)nc12. The van der Waals surface area contributed by atoms with Gasteiger partial charge in [0.2, 0.25) is 0 Å². The van der Waals surface area contributed by atoms with E-state index in [0.29, 0.717) is 0 Å². The fourth-order valence-electron chi connectivity index (χ4n) is 4.34. The Kier molecular flexibility index (Phi) is 5.76. The minimum absolute atomic E-state index is 0.0999. The van der Waals surface area contributed by atoms with Crippen molar-refractivity contribution in [3.05, 3.63) is 77.9 Å². The van der Waals surface area contributed by atoms with Crippen molar-refractivity contribution in [1.82, 2.24) is 19.4 Å². The summed E-state index contributed by atoms with van der Waals surface area (Å²) in [6, 6.07) is 17.0. The van der Waals surface area contributed by atoms with Gasteiger partial charge in [-0.2, -0.15) is 0 Å². The van der Waals surface area contributed by atoms with Gasteiger partial charge in [0, 0.05) is 37.3 Å². The third-order valence-electron chi connectivity index (χ3n) is 6.22. The highest BCUT2D eigenvalue weighted by molar-refractivity contribution is 5.93. The third kappa shape index (κ3) is 4.37. The summed E-state index contributed by atoms with van der Waals surface area (Å²) in [5.74, 6) is 3.16. The molecule has 0 unspecified atom stereocenters. The van der Waals surface area contributed by atoms with E-state index < -0.39 is 0 Å². The topological polar surface area (TPSA) is 67.6 Å². The Morgan fingerprint density at radius 2 is 1.77 bits per heavy atom. The number of ether oxygens (including phenoxy) is 1. The Morgan fingerprint density at radius 3 is 2.51 bits per heavy atom. The minimum Gasteiger partial charge on any atom is -0.493 e. The monoisotopic (exact) mass is 466 g/mol. The van der Waals surface area contributed by atoms with Crippen LogP contribution in [0.25, 0.3) is 27.7 Å². The average molecular weight is 467 g/mol. The van der Waals surface area contributed by atoms with Gasteiger partial charge in [0.15, 0.2) is 11.4 Å². The number of benzene rings is 2. The zero-order chi connectivity index (χ0) is 24.7. The molecule has 3 heterocycles. The van der Waals surface area contributed by atoms with Crippen molar-refractivity contribution in [2.75, 3.05) is 31.4 Å². The van der Waals surface area contributed by atoms with E-state index in [1.165, 1.54) is 11.1 Å². The van der Waals surface area contributed by atoms with Crippen LogP contribution in [0.15, 0.2) is 60.9 Å². The first kappa shape index (κ1) is 22.7. The molecule has 0 radical (unpaired) electrons. The molecule has 2 aromatic carbocycles. The lowest BCUT2D eigenvalue weighted by Gasteiger charge is -2.18. The number of anilines is 2. The summed E-state index contributed by atoms with van der Waals surface area (Å²) in [6.07, 6.45) is 4.09. The van der Waals surface area contributed by atoms with Gasteiger partial charge in [-0.3, -0.25) is 0 Å². The van der Waals surface area contributed by atoms with Gasteiger partial charge in [0.05, 0.1) is 18.8 Å². The smallest absolute Gasteiger partial charge is 0.181 e. The number of rotatable bonds is 6. The zero-order valence-corrected chi connectivity index (χ0v) is 21.0. The highest BCUT2D eigenvalue weighted by atomic mass is 16.5. The van der Waals surface area contributed by atoms with E-state index >= 15 is 0 Å². The Morgan fingerprint density at radius 1 is 0.943 bits per heavy atom. The van der Waals surface area contributed by atoms with E-state index in [9.17, 15) is 0 Å². The van der Waals surface area contributed by atoms with Crippen molar-refractivity contribution in [3.8, 4) is 16.9 Å². The van der Waals surface area contributed by atoms with Crippen LogP contribution in [0.1, 0.15) is 29.9 Å². The summed E-state index contributed by atoms with van der Waals surface area (Å²) in [4.78, 5) is 16.1. The maximum Gasteiger partial charge on any atom is 0.181 e. The van der Waals surface area contributed by atoms with Gasteiger partial charge in [0.1, 0.15) is 17.5 Å². The first-order valence-electron chi connectivity index (χ1n) is 11.7. The number of methoxy groups -OCH3 is 1. The largest absolute Gasteiger partial charge is 0.493 e. The number of hydrogen-bond acceptors (Lipinski definition) is 6. The predicted octanol–water partition coefficient (Wildman–Crippen LogP) is 5.81. The molecule has 0 spiro atoms. The summed E-state index contributed by atoms with van der Waals surface area (Å²) < 4.78 is 7.69. The van der Waals surface area contributed by atoms with E-state index in [1.54, 1.807) is 7.11 Å². The van der Waals surface area contributed by atoms with Gasteiger partial charge in [-0.25, -0.2) is 15.0 Å². The molecule has 0 saturated heterocycles. The van der Waals surface area contributed by atoms with Crippen LogP contribution in [0, 0.1) is 13.8 Å². The van der Waals surface area contributed by atoms with Gasteiger partial charge in [-0.15, -0.1) is 0 Å². The van der Waals surface area contributed by atoms with Gasteiger partial charge < -0.3 is 19.4 Å². The molecule has 5 rings (SSSR count). The van der Waals surface area contributed by atoms with E-state index in [-0.39, 0.29) is 6.04 Å². The molecule has 1 atom stereocenters. The molecule has 35 heavy (non-hydrogen) atoms. The third-order valence-corrected chi connectivity index (χ3v) is 6.22. The quantitative estimate of drug-likeness (QED) is 0.341. The van der Waals surface area contributed by atoms with Crippen LogP contribution < -0.4 is 15.0 Å². The van der Waals surface area contributed by atoms with Crippen molar-refractivity contribution in [2.45, 2.75) is 26.8 Å². The molecule has 3 aromatic heterocycles. The van der Waals surface area contributed by atoms with Crippen molar-refractivity contribution < 1.29 is 4.74 Å². The number of fused-ring (bicyclic) bond motifs is 2. The lowest BCUT2D eigenvalue weighted by molar-refractivity contribution is 0.417. The van der Waals surface area contributed by atoms with Crippen LogP contribution in [0.2, 0.25) is 0 Å². The minimum atomic E-state index is 0.0999. The number of pyridine rings is 1. The van der Waals surface area contributed by atoms with E-state index in [4.69, 9.17) is 14.7 Å². The molecule has 0 amide bonds. The van der Waals surface area contributed by atoms with E-state index in [1.807, 2.05) is 42.6 Å². The molecule has 7 nitrogen and oxygen atoms in total. The van der Waals surface area contributed by atoms with Crippen LogP contribution in [-0.4, -0.2) is 40.6 Å². The molecule has 1 N–H and O–H groups in total. The molecule has 0 aliphatic rings. The molecule has 178 valence electrons. The fourth-order valence-corrected chi connectivity index (χ4v) is 4.34. The van der Waals surface area contributed by atoms with Crippen molar-refractivity contribution in [3.63, 3.8) is 0 Å². The second-order valence-electron chi connectivity index (χ2n) is 9.15. The summed E-state index contributed by atoms with van der Waals surface area (Å²) in [5, 5.41) is 4.60. The Hall–Kier alpha value is -4.13. The van der Waals surface area contributed by atoms with Crippen LogP contribution in [0.5, 0.6) is 5.75 Å². The number of aryl methyl sites for hydroxylation is 2. The van der Waals surface area contributed by atoms with E-state index in [0.717, 1.165) is 50.9 Å². The highest BCUT2D eigenvalue weighted by Gasteiger charge is 2.15. The average Bonchev–Trinajstić information content (AvgIpc) is 3.28. The summed E-state index contributed by atoms with van der Waals surface area (Å²) >= 11 is 0. The van der Waals surface area contributed by atoms with Gasteiger partial charge in [-0.1, -0.05) is 35.9 Å². The molecule has 0 aliphatic heterocycles. The first-order valence-corrected chi connectivity index (χ1v) is 11.7. The highest BCUT2D eigenvalue weighted by Crippen LogP contribution is 2.33. The predicted molar refractivity (Wildman–Crippen MR) is 143 cm³/mol. The molecule has 5 aromatic rings. The van der Waals surface area contributed by atoms with Crippen LogP contribution in [0.4, 0.5) is 11.6 Å². The summed E-state index contributed by atoms with van der Waals surface area (Å²) in [5.41, 5.74) is 6.23. The normalized spacial score (nSPS) is 12.2. The number of hydrogen-bond donors (Lipinski definition) is 1. The molecular formula is C28H30N6O. The lowest BCUT2D eigenvalue weighted by Crippen LogP contribution is -2.09. The second kappa shape index (κ2) is 8.91. The van der Waals surface area contributed by atoms with E-state index in [2.05, 4.69) is 72.8 Å². The van der Waals surface area contributed by atoms with Crippen molar-refractivity contribution >= 4 is 28.2 Å². The number of nitrogens with zero attached hydrogens (tertiary/aromatic N) is 5. The second-order valence-corrected chi connectivity index (χ2v) is 9.15. The molecular weight excluding hydrogens is 436 g/mol. The number of nitrogens with one attached hydrogen (secondary N) is 1. The molecule has 0 saturated carbocycles. The van der Waals surface area contributed by atoms with Crippen LogP contribution in [0.3, 0.4) is 0 Å². The van der Waals surface area contributed by atoms with Crippen molar-refractivity contribution in [2.24, 2.45) is 0 Å². The molecule has 0 fully saturated rings. The summed E-state index contributed by atoms with van der Waals surface area (Å²) in [6.45, 7) is 6.19. The molecule has 7 heteroatoms. The van der Waals surface area contributed by atoms with Gasteiger partial charge >= 0.3 is 0 Å². The number of imidazole rings is 1. The molecule has 0 aliphatic carbocycles. The Labute approximate surface area is 205 Å². The van der Waals surface area contributed by atoms with Crippen LogP contribution >= 0.6 is 0 Å². The lowest BCUT2D eigenvalue weighted by atomic mass is 10.0. The zero-order valence-electron chi connectivity index (χ0n) is 21.0. The number of aromatic nitrogens is 4. The standard InChI is InChI=1S/C28H30N6O/c1-17-8-7-9-20(12-17)18(2)29-27-23-13-21(10-11-24(23)30-19(3)31-27)22-14-25(35-6)28-32-26(33(4)5)16-34(28)15-22/h7-16,18H,1-6H3,(H,29,30,31)/t18-/m1/s1.